The second-order valence-electron chi connectivity index (χ2n) is 3.28. The third kappa shape index (κ3) is 3.27. The summed E-state index contributed by atoms with van der Waals surface area (Å²) in [5, 5.41) is 16.5. The predicted molar refractivity (Wildman–Crippen MR) is 58.8 cm³/mol. The van der Waals surface area contributed by atoms with E-state index in [2.05, 4.69) is 15.2 Å². The Morgan fingerprint density at radius 2 is 2.28 bits per heavy atom. The third-order valence-electron chi connectivity index (χ3n) is 1.92. The zero-order valence-electron chi connectivity index (χ0n) is 9.87. The summed E-state index contributed by atoms with van der Waals surface area (Å²) < 4.78 is 5.75. The molecule has 0 aliphatic heterocycles. The van der Waals surface area contributed by atoms with Crippen LogP contribution in [0.5, 0.6) is 0 Å². The maximum atomic E-state index is 11.6. The Morgan fingerprint density at radius 1 is 1.61 bits per heavy atom. The van der Waals surface area contributed by atoms with Crippen LogP contribution in [0.2, 0.25) is 0 Å². The Kier molecular flexibility index (Phi) is 4.35. The molecule has 0 fully saturated rings. The van der Waals surface area contributed by atoms with Crippen molar-refractivity contribution in [1.29, 1.82) is 0 Å². The number of nitrogens with one attached hydrogen (secondary N) is 1. The van der Waals surface area contributed by atoms with Crippen molar-refractivity contribution < 1.29 is 19.2 Å². The summed E-state index contributed by atoms with van der Waals surface area (Å²) in [7, 11) is 1.45. The van der Waals surface area contributed by atoms with Gasteiger partial charge in [-0.1, -0.05) is 0 Å². The number of nitro groups is 1. The molecular weight excluding hydrogens is 244 g/mol. The molecule has 18 heavy (non-hydrogen) atoms. The van der Waals surface area contributed by atoms with Crippen molar-refractivity contribution in [2.24, 2.45) is 7.05 Å². The number of aromatic nitrogens is 2. The van der Waals surface area contributed by atoms with Gasteiger partial charge in [-0.25, -0.2) is 0 Å². The van der Waals surface area contributed by atoms with Crippen LogP contribution in [0.1, 0.15) is 17.4 Å². The van der Waals surface area contributed by atoms with Crippen LogP contribution in [-0.4, -0.2) is 39.7 Å². The number of hydrogen-bond acceptors (Lipinski definition) is 6. The maximum Gasteiger partial charge on any atom is 0.325 e. The molecule has 9 nitrogen and oxygen atoms in total. The van der Waals surface area contributed by atoms with Crippen molar-refractivity contribution in [3.05, 3.63) is 22.0 Å². The topological polar surface area (TPSA) is 116 Å². The summed E-state index contributed by atoms with van der Waals surface area (Å²) in [6.07, 6.45) is 1.11. The van der Waals surface area contributed by atoms with Gasteiger partial charge in [0.05, 0.1) is 11.5 Å². The van der Waals surface area contributed by atoms with Gasteiger partial charge in [-0.05, 0) is 6.92 Å². The lowest BCUT2D eigenvalue weighted by molar-refractivity contribution is -0.385. The number of amides is 1. The van der Waals surface area contributed by atoms with Gasteiger partial charge >= 0.3 is 11.7 Å². The number of hydrogen-bond donors (Lipinski definition) is 1. The van der Waals surface area contributed by atoms with Crippen LogP contribution < -0.4 is 5.32 Å². The lowest BCUT2D eigenvalue weighted by Crippen LogP contribution is -2.31. The van der Waals surface area contributed by atoms with Crippen molar-refractivity contribution in [3.8, 4) is 0 Å². The Morgan fingerprint density at radius 3 is 2.83 bits per heavy atom. The normalized spacial score (nSPS) is 9.89. The van der Waals surface area contributed by atoms with E-state index in [0.717, 1.165) is 10.9 Å². The fourth-order valence-electron chi connectivity index (χ4n) is 1.22. The zero-order valence-corrected chi connectivity index (χ0v) is 9.87. The summed E-state index contributed by atoms with van der Waals surface area (Å²) in [6, 6.07) is 0. The second-order valence-corrected chi connectivity index (χ2v) is 3.28. The number of esters is 1. The van der Waals surface area contributed by atoms with Crippen LogP contribution in [0.25, 0.3) is 0 Å². The van der Waals surface area contributed by atoms with Gasteiger partial charge in [-0.3, -0.25) is 24.4 Å². The first-order chi connectivity index (χ1) is 8.45. The summed E-state index contributed by atoms with van der Waals surface area (Å²) in [6.45, 7) is 1.46. The number of nitrogens with zero attached hydrogens (tertiary/aromatic N) is 3. The van der Waals surface area contributed by atoms with Gasteiger partial charge in [0.2, 0.25) is 5.69 Å². The van der Waals surface area contributed by atoms with E-state index in [1.165, 1.54) is 7.05 Å². The Bertz CT molecular complexity index is 481. The molecule has 9 heteroatoms. The highest BCUT2D eigenvalue weighted by molar-refractivity contribution is 5.97. The standard InChI is InChI=1S/C9H12N4O5/c1-3-18-7(14)4-10-9(15)8-6(13(16)17)5-12(2)11-8/h5H,3-4H2,1-2H3,(H,10,15). The molecule has 1 heterocycles. The summed E-state index contributed by atoms with van der Waals surface area (Å²) >= 11 is 0. The molecule has 0 saturated carbocycles. The monoisotopic (exact) mass is 256 g/mol. The molecule has 0 aliphatic carbocycles. The molecule has 0 radical (unpaired) electrons. The minimum Gasteiger partial charge on any atom is -0.465 e. The van der Waals surface area contributed by atoms with Crippen LogP contribution in [-0.2, 0) is 16.6 Å². The van der Waals surface area contributed by atoms with Gasteiger partial charge in [0, 0.05) is 7.05 Å². The Hall–Kier alpha value is -2.45. The van der Waals surface area contributed by atoms with E-state index in [1.807, 2.05) is 0 Å². The zero-order chi connectivity index (χ0) is 13.7. The predicted octanol–water partition coefficient (Wildman–Crippen LogP) is -0.379. The number of carbonyl (C=O) groups excluding carboxylic acids is 2. The first-order valence-electron chi connectivity index (χ1n) is 5.07. The molecule has 1 aromatic rings. The smallest absolute Gasteiger partial charge is 0.325 e. The van der Waals surface area contributed by atoms with Gasteiger partial charge in [0.25, 0.3) is 5.91 Å². The van der Waals surface area contributed by atoms with Crippen molar-refractivity contribution >= 4 is 17.6 Å². The van der Waals surface area contributed by atoms with E-state index in [0.29, 0.717) is 0 Å². The highest BCUT2D eigenvalue weighted by Gasteiger charge is 2.25. The highest BCUT2D eigenvalue weighted by atomic mass is 16.6. The second kappa shape index (κ2) is 5.75. The molecule has 0 unspecified atom stereocenters. The molecule has 0 spiro atoms. The lowest BCUT2D eigenvalue weighted by atomic mass is 10.3. The average Bonchev–Trinajstić information content (AvgIpc) is 2.69. The van der Waals surface area contributed by atoms with Crippen LogP contribution in [0, 0.1) is 10.1 Å². The minimum atomic E-state index is -0.796. The van der Waals surface area contributed by atoms with Crippen LogP contribution in [0.3, 0.4) is 0 Å². The van der Waals surface area contributed by atoms with Crippen LogP contribution in [0.4, 0.5) is 5.69 Å². The summed E-state index contributed by atoms with van der Waals surface area (Å²) in [5.41, 5.74) is -0.759. The van der Waals surface area contributed by atoms with Gasteiger partial charge < -0.3 is 10.1 Å². The molecule has 1 aromatic heterocycles. The largest absolute Gasteiger partial charge is 0.465 e. The summed E-state index contributed by atoms with van der Waals surface area (Å²) in [5.74, 6) is -1.42. The van der Waals surface area contributed by atoms with Crippen molar-refractivity contribution in [3.63, 3.8) is 0 Å². The summed E-state index contributed by atoms with van der Waals surface area (Å²) in [4.78, 5) is 32.5. The Labute approximate surface area is 102 Å². The first-order valence-corrected chi connectivity index (χ1v) is 5.07. The fourth-order valence-corrected chi connectivity index (χ4v) is 1.22. The van der Waals surface area contributed by atoms with Crippen LogP contribution >= 0.6 is 0 Å². The van der Waals surface area contributed by atoms with Crippen molar-refractivity contribution in [2.45, 2.75) is 6.92 Å². The molecule has 0 saturated heterocycles. The lowest BCUT2D eigenvalue weighted by Gasteiger charge is -2.02. The third-order valence-corrected chi connectivity index (χ3v) is 1.92. The molecule has 1 rings (SSSR count). The molecule has 0 bridgehead atoms. The maximum absolute atomic E-state index is 11.6. The molecule has 98 valence electrons. The van der Waals surface area contributed by atoms with Crippen LogP contribution in [0.15, 0.2) is 6.20 Å². The Balaban J connectivity index is 2.72. The molecular formula is C9H12N4O5. The van der Waals surface area contributed by atoms with E-state index >= 15 is 0 Å². The van der Waals surface area contributed by atoms with Gasteiger partial charge in [-0.15, -0.1) is 0 Å². The van der Waals surface area contributed by atoms with E-state index < -0.39 is 22.5 Å². The van der Waals surface area contributed by atoms with Gasteiger partial charge in [-0.2, -0.15) is 5.10 Å². The highest BCUT2D eigenvalue weighted by Crippen LogP contribution is 2.15. The quantitative estimate of drug-likeness (QED) is 0.436. The van der Waals surface area contributed by atoms with E-state index in [4.69, 9.17) is 0 Å². The number of carbonyl (C=O) groups is 2. The van der Waals surface area contributed by atoms with Crippen molar-refractivity contribution in [2.75, 3.05) is 13.2 Å². The van der Waals surface area contributed by atoms with E-state index in [9.17, 15) is 19.7 Å². The molecule has 0 aromatic carbocycles. The number of rotatable bonds is 5. The SMILES string of the molecule is CCOC(=O)CNC(=O)c1nn(C)cc1[N+](=O)[O-]. The van der Waals surface area contributed by atoms with E-state index in [1.54, 1.807) is 6.92 Å². The average molecular weight is 256 g/mol. The van der Waals surface area contributed by atoms with Gasteiger partial charge in [0.15, 0.2) is 0 Å². The fraction of sp³-hybridized carbons (Fsp3) is 0.444. The minimum absolute atomic E-state index is 0.193. The number of aryl methyl sites for hydroxylation is 1. The number of ether oxygens (including phenoxy) is 1. The first kappa shape index (κ1) is 13.6. The molecule has 0 atom stereocenters. The van der Waals surface area contributed by atoms with E-state index in [-0.39, 0.29) is 18.8 Å². The molecule has 1 N–H and O–H groups in total. The van der Waals surface area contributed by atoms with Gasteiger partial charge in [0.1, 0.15) is 12.7 Å². The molecule has 0 aliphatic rings. The molecule has 1 amide bonds. The van der Waals surface area contributed by atoms with Crippen molar-refractivity contribution in [1.82, 2.24) is 15.1 Å².